The molecule has 0 fully saturated rings. The van der Waals surface area contributed by atoms with E-state index in [1.54, 1.807) is 6.92 Å². The zero-order valence-electron chi connectivity index (χ0n) is 15.5. The highest BCUT2D eigenvalue weighted by atomic mass is 32.1. The second-order valence-electron chi connectivity index (χ2n) is 6.37. The second-order valence-corrected chi connectivity index (χ2v) is 7.35. The molecule has 1 heterocycles. The van der Waals surface area contributed by atoms with Crippen LogP contribution in [0.4, 0.5) is 5.13 Å². The maximum atomic E-state index is 12.2. The number of rotatable bonds is 9. The van der Waals surface area contributed by atoms with E-state index in [-0.39, 0.29) is 11.8 Å². The number of aryl methyl sites for hydroxylation is 1. The third-order valence-electron chi connectivity index (χ3n) is 3.98. The Labute approximate surface area is 158 Å². The molecule has 0 unspecified atom stereocenters. The number of carbonyl (C=O) groups excluding carboxylic acids is 2. The van der Waals surface area contributed by atoms with Crippen molar-refractivity contribution in [1.29, 1.82) is 0 Å². The Hall–Kier alpha value is -2.28. The summed E-state index contributed by atoms with van der Waals surface area (Å²) in [5.74, 6) is -0.389. The third-order valence-corrected chi connectivity index (χ3v) is 4.87. The molecule has 7 heteroatoms. The quantitative estimate of drug-likeness (QED) is 0.652. The average Bonchev–Trinajstić information content (AvgIpc) is 3.07. The molecule has 2 N–H and O–H groups in total. The monoisotopic (exact) mass is 374 g/mol. The van der Waals surface area contributed by atoms with Crippen molar-refractivity contribution in [3.8, 4) is 10.6 Å². The third kappa shape index (κ3) is 6.22. The molecule has 0 bridgehead atoms. The maximum absolute atomic E-state index is 12.2. The highest BCUT2D eigenvalue weighted by molar-refractivity contribution is 7.18. The van der Waals surface area contributed by atoms with E-state index >= 15 is 0 Å². The lowest BCUT2D eigenvalue weighted by Gasteiger charge is -2.12. The summed E-state index contributed by atoms with van der Waals surface area (Å²) in [6, 6.07) is 7.35. The van der Waals surface area contributed by atoms with Gasteiger partial charge in [-0.1, -0.05) is 67.4 Å². The maximum Gasteiger partial charge on any atom is 0.248 e. The van der Waals surface area contributed by atoms with Crippen LogP contribution in [0.1, 0.15) is 51.5 Å². The lowest BCUT2D eigenvalue weighted by molar-refractivity contribution is -0.126. The van der Waals surface area contributed by atoms with Crippen LogP contribution < -0.4 is 10.6 Å². The Morgan fingerprint density at radius 2 is 1.85 bits per heavy atom. The van der Waals surface area contributed by atoms with E-state index in [2.05, 4.69) is 27.8 Å². The molecule has 1 atom stereocenters. The van der Waals surface area contributed by atoms with Gasteiger partial charge in [0.05, 0.1) is 0 Å². The van der Waals surface area contributed by atoms with Crippen LogP contribution in [-0.4, -0.2) is 28.1 Å². The molecule has 6 nitrogen and oxygen atoms in total. The van der Waals surface area contributed by atoms with Crippen molar-refractivity contribution in [3.63, 3.8) is 0 Å². The van der Waals surface area contributed by atoms with Crippen LogP contribution in [-0.2, 0) is 9.59 Å². The van der Waals surface area contributed by atoms with E-state index in [1.807, 2.05) is 31.2 Å². The summed E-state index contributed by atoms with van der Waals surface area (Å²) in [6.45, 7) is 5.82. The molecule has 2 rings (SSSR count). The van der Waals surface area contributed by atoms with Gasteiger partial charge in [-0.3, -0.25) is 14.9 Å². The Kier molecular flexibility index (Phi) is 7.72. The Morgan fingerprint density at radius 1 is 1.12 bits per heavy atom. The zero-order chi connectivity index (χ0) is 18.9. The highest BCUT2D eigenvalue weighted by Gasteiger charge is 2.17. The van der Waals surface area contributed by atoms with Crippen molar-refractivity contribution in [3.05, 3.63) is 29.8 Å². The van der Waals surface area contributed by atoms with Gasteiger partial charge in [0.2, 0.25) is 16.9 Å². The van der Waals surface area contributed by atoms with Gasteiger partial charge in [0, 0.05) is 12.0 Å². The fourth-order valence-electron chi connectivity index (χ4n) is 2.39. The highest BCUT2D eigenvalue weighted by Crippen LogP contribution is 2.26. The van der Waals surface area contributed by atoms with E-state index < -0.39 is 6.04 Å². The number of benzene rings is 1. The molecule has 1 aromatic carbocycles. The van der Waals surface area contributed by atoms with Crippen LogP contribution >= 0.6 is 11.3 Å². The SMILES string of the molecule is CCCCCCC(=O)N[C@H](C)C(=O)Nc1nnc(-c2ccc(C)cc2)s1. The van der Waals surface area contributed by atoms with Crippen LogP contribution in [0, 0.1) is 6.92 Å². The molecule has 0 spiro atoms. The minimum Gasteiger partial charge on any atom is -0.345 e. The van der Waals surface area contributed by atoms with Crippen molar-refractivity contribution in [2.75, 3.05) is 5.32 Å². The first-order valence-electron chi connectivity index (χ1n) is 9.00. The van der Waals surface area contributed by atoms with Crippen molar-refractivity contribution in [2.45, 2.75) is 58.9 Å². The molecule has 2 aromatic rings. The fraction of sp³-hybridized carbons (Fsp3) is 0.474. The number of aromatic nitrogens is 2. The number of nitrogens with zero attached hydrogens (tertiary/aromatic N) is 2. The Bertz CT molecular complexity index is 727. The summed E-state index contributed by atoms with van der Waals surface area (Å²) < 4.78 is 0. The van der Waals surface area contributed by atoms with Crippen LogP contribution in [0.15, 0.2) is 24.3 Å². The molecule has 0 aliphatic heterocycles. The number of hydrogen-bond acceptors (Lipinski definition) is 5. The number of hydrogen-bond donors (Lipinski definition) is 2. The van der Waals surface area contributed by atoms with Crippen molar-refractivity contribution in [1.82, 2.24) is 15.5 Å². The average molecular weight is 375 g/mol. The summed E-state index contributed by atoms with van der Waals surface area (Å²) in [4.78, 5) is 24.1. The normalized spacial score (nSPS) is 11.8. The number of nitrogens with one attached hydrogen (secondary N) is 2. The molecule has 0 saturated carbocycles. The van der Waals surface area contributed by atoms with Gasteiger partial charge in [0.1, 0.15) is 11.0 Å². The molecule has 0 aliphatic rings. The van der Waals surface area contributed by atoms with Crippen molar-refractivity contribution >= 4 is 28.3 Å². The predicted octanol–water partition coefficient (Wildman–Crippen LogP) is 3.93. The first-order chi connectivity index (χ1) is 12.5. The second kappa shape index (κ2) is 10.0. The number of unbranched alkanes of at least 4 members (excludes halogenated alkanes) is 3. The number of carbonyl (C=O) groups is 2. The molecule has 26 heavy (non-hydrogen) atoms. The summed E-state index contributed by atoms with van der Waals surface area (Å²) in [7, 11) is 0. The van der Waals surface area contributed by atoms with Crippen LogP contribution in [0.5, 0.6) is 0 Å². The first-order valence-corrected chi connectivity index (χ1v) is 9.82. The minimum atomic E-state index is -0.611. The van der Waals surface area contributed by atoms with Gasteiger partial charge in [0.15, 0.2) is 0 Å². The van der Waals surface area contributed by atoms with Gasteiger partial charge in [-0.05, 0) is 20.3 Å². The van der Waals surface area contributed by atoms with Crippen molar-refractivity contribution < 1.29 is 9.59 Å². The van der Waals surface area contributed by atoms with Crippen molar-refractivity contribution in [2.24, 2.45) is 0 Å². The summed E-state index contributed by atoms with van der Waals surface area (Å²) in [5.41, 5.74) is 2.13. The van der Waals surface area contributed by atoms with Gasteiger partial charge in [-0.2, -0.15) is 0 Å². The lowest BCUT2D eigenvalue weighted by atomic mass is 10.1. The molecule has 1 aromatic heterocycles. The summed E-state index contributed by atoms with van der Waals surface area (Å²) in [6.07, 6.45) is 4.60. The van der Waals surface area contributed by atoms with Gasteiger partial charge in [0.25, 0.3) is 0 Å². The molecule has 2 amide bonds. The van der Waals surface area contributed by atoms with Crippen LogP contribution in [0.3, 0.4) is 0 Å². The number of anilines is 1. The molecule has 0 aliphatic carbocycles. The number of amides is 2. The Morgan fingerprint density at radius 3 is 2.54 bits per heavy atom. The largest absolute Gasteiger partial charge is 0.345 e. The molecule has 0 radical (unpaired) electrons. The van der Waals surface area contributed by atoms with E-state index in [9.17, 15) is 9.59 Å². The smallest absolute Gasteiger partial charge is 0.248 e. The van der Waals surface area contributed by atoms with E-state index in [1.165, 1.54) is 16.9 Å². The first kappa shape index (κ1) is 20.0. The lowest BCUT2D eigenvalue weighted by Crippen LogP contribution is -2.41. The summed E-state index contributed by atoms with van der Waals surface area (Å²) in [5, 5.41) is 14.7. The van der Waals surface area contributed by atoms with Crippen LogP contribution in [0.2, 0.25) is 0 Å². The molecule has 140 valence electrons. The van der Waals surface area contributed by atoms with Gasteiger partial charge < -0.3 is 5.32 Å². The van der Waals surface area contributed by atoms with Gasteiger partial charge >= 0.3 is 0 Å². The predicted molar refractivity (Wildman–Crippen MR) is 105 cm³/mol. The van der Waals surface area contributed by atoms with E-state index in [0.717, 1.165) is 36.3 Å². The molecular weight excluding hydrogens is 348 g/mol. The zero-order valence-corrected chi connectivity index (χ0v) is 16.4. The van der Waals surface area contributed by atoms with E-state index in [4.69, 9.17) is 0 Å². The van der Waals surface area contributed by atoms with Gasteiger partial charge in [-0.15, -0.1) is 10.2 Å². The fourth-order valence-corrected chi connectivity index (χ4v) is 3.14. The standard InChI is InChI=1S/C19H26N4O2S/c1-4-5-6-7-8-16(24)20-14(3)17(25)21-19-23-22-18(26-19)15-11-9-13(2)10-12-15/h9-12,14H,4-8H2,1-3H3,(H,20,24)(H,21,23,25)/t14-/m1/s1. The van der Waals surface area contributed by atoms with Crippen LogP contribution in [0.25, 0.3) is 10.6 Å². The van der Waals surface area contributed by atoms with Gasteiger partial charge in [-0.25, -0.2) is 0 Å². The minimum absolute atomic E-state index is 0.0960. The topological polar surface area (TPSA) is 84.0 Å². The molecule has 0 saturated heterocycles. The van der Waals surface area contributed by atoms with E-state index in [0.29, 0.717) is 11.6 Å². The summed E-state index contributed by atoms with van der Waals surface area (Å²) >= 11 is 1.31. The Balaban J connectivity index is 1.83. The molecular formula is C19H26N4O2S.